The lowest BCUT2D eigenvalue weighted by atomic mass is 10.0. The van der Waals surface area contributed by atoms with Gasteiger partial charge in [-0.25, -0.2) is 0 Å². The number of aryl methyl sites for hydroxylation is 1. The summed E-state index contributed by atoms with van der Waals surface area (Å²) in [7, 11) is 1.86. The van der Waals surface area contributed by atoms with Crippen molar-refractivity contribution in [2.75, 3.05) is 39.8 Å². The topological polar surface area (TPSA) is 32.8 Å². The minimum Gasteiger partial charge on any atom is -0.483 e. The number of benzene rings is 1. The third-order valence-corrected chi connectivity index (χ3v) is 4.52. The lowest BCUT2D eigenvalue weighted by Crippen LogP contribution is -2.37. The molecular weight excluding hydrogens is 288 g/mol. The third kappa shape index (κ3) is 5.24. The quantitative estimate of drug-likeness (QED) is 0.774. The zero-order valence-corrected chi connectivity index (χ0v) is 15.0. The van der Waals surface area contributed by atoms with Gasteiger partial charge in [-0.15, -0.1) is 0 Å². The maximum atomic E-state index is 12.3. The smallest absolute Gasteiger partial charge is 0.260 e. The molecule has 0 atom stereocenters. The summed E-state index contributed by atoms with van der Waals surface area (Å²) in [6.45, 7) is 10.5. The van der Waals surface area contributed by atoms with Gasteiger partial charge in [0, 0.05) is 20.1 Å². The Morgan fingerprint density at radius 2 is 2.00 bits per heavy atom. The number of likely N-dealkylation sites (tertiary alicyclic amines) is 1. The standard InChI is InChI=1S/C19H30N2O2/c1-15(2)17-8-7-16(3)13-18(17)23-14-19(22)20(4)11-12-21-9-5-6-10-21/h7-8,13,15H,5-6,9-12,14H2,1-4H3. The fourth-order valence-corrected chi connectivity index (χ4v) is 2.92. The fraction of sp³-hybridized carbons (Fsp3) is 0.632. The molecule has 1 saturated heterocycles. The number of amides is 1. The Hall–Kier alpha value is -1.55. The highest BCUT2D eigenvalue weighted by molar-refractivity contribution is 5.77. The fourth-order valence-electron chi connectivity index (χ4n) is 2.92. The van der Waals surface area contributed by atoms with Crippen molar-refractivity contribution in [3.63, 3.8) is 0 Å². The molecule has 23 heavy (non-hydrogen) atoms. The molecule has 4 heteroatoms. The molecule has 0 saturated carbocycles. The zero-order valence-electron chi connectivity index (χ0n) is 15.0. The van der Waals surface area contributed by atoms with E-state index in [0.717, 1.165) is 30.0 Å². The normalized spacial score (nSPS) is 15.2. The lowest BCUT2D eigenvalue weighted by molar-refractivity contribution is -0.132. The molecule has 0 bridgehead atoms. The molecule has 1 aromatic carbocycles. The summed E-state index contributed by atoms with van der Waals surface area (Å²) >= 11 is 0. The van der Waals surface area contributed by atoms with E-state index in [-0.39, 0.29) is 12.5 Å². The van der Waals surface area contributed by atoms with Crippen LogP contribution in [0.1, 0.15) is 43.7 Å². The molecule has 0 radical (unpaired) electrons. The number of nitrogens with zero attached hydrogens (tertiary/aromatic N) is 2. The number of likely N-dealkylation sites (N-methyl/N-ethyl adjacent to an activating group) is 1. The molecule has 1 heterocycles. The molecule has 1 aliphatic heterocycles. The van der Waals surface area contributed by atoms with Gasteiger partial charge in [0.2, 0.25) is 0 Å². The molecule has 4 nitrogen and oxygen atoms in total. The van der Waals surface area contributed by atoms with E-state index in [1.165, 1.54) is 25.9 Å². The first kappa shape index (κ1) is 17.8. The van der Waals surface area contributed by atoms with Gasteiger partial charge in [-0.3, -0.25) is 4.79 Å². The van der Waals surface area contributed by atoms with Gasteiger partial charge in [-0.1, -0.05) is 26.0 Å². The van der Waals surface area contributed by atoms with Crippen LogP contribution in [0.3, 0.4) is 0 Å². The van der Waals surface area contributed by atoms with Crippen molar-refractivity contribution in [1.29, 1.82) is 0 Å². The van der Waals surface area contributed by atoms with Gasteiger partial charge in [-0.2, -0.15) is 0 Å². The predicted molar refractivity (Wildman–Crippen MR) is 94.1 cm³/mol. The number of ether oxygens (including phenoxy) is 1. The number of rotatable bonds is 7. The van der Waals surface area contributed by atoms with Gasteiger partial charge in [0.1, 0.15) is 5.75 Å². The van der Waals surface area contributed by atoms with Gasteiger partial charge in [0.25, 0.3) is 5.91 Å². The molecular formula is C19H30N2O2. The van der Waals surface area contributed by atoms with Crippen LogP contribution in [0.25, 0.3) is 0 Å². The lowest BCUT2D eigenvalue weighted by Gasteiger charge is -2.22. The van der Waals surface area contributed by atoms with E-state index in [9.17, 15) is 4.79 Å². The van der Waals surface area contributed by atoms with Gasteiger partial charge < -0.3 is 14.5 Å². The Labute approximate surface area is 140 Å². The van der Waals surface area contributed by atoms with Crippen LogP contribution in [0.2, 0.25) is 0 Å². The van der Waals surface area contributed by atoms with Crippen molar-refractivity contribution in [3.05, 3.63) is 29.3 Å². The largest absolute Gasteiger partial charge is 0.483 e. The summed E-state index contributed by atoms with van der Waals surface area (Å²) in [6.07, 6.45) is 2.57. The summed E-state index contributed by atoms with van der Waals surface area (Å²) in [5.74, 6) is 1.26. The number of carbonyl (C=O) groups is 1. The maximum Gasteiger partial charge on any atom is 0.260 e. The van der Waals surface area contributed by atoms with E-state index < -0.39 is 0 Å². The first-order chi connectivity index (χ1) is 11.0. The van der Waals surface area contributed by atoms with Crippen molar-refractivity contribution in [2.45, 2.75) is 39.5 Å². The van der Waals surface area contributed by atoms with E-state index in [2.05, 4.69) is 30.9 Å². The van der Waals surface area contributed by atoms with Gasteiger partial charge >= 0.3 is 0 Å². The molecule has 0 spiro atoms. The zero-order chi connectivity index (χ0) is 16.8. The van der Waals surface area contributed by atoms with Gasteiger partial charge in [0.05, 0.1) is 0 Å². The van der Waals surface area contributed by atoms with Crippen molar-refractivity contribution >= 4 is 5.91 Å². The summed E-state index contributed by atoms with van der Waals surface area (Å²) in [5.41, 5.74) is 2.31. The Balaban J connectivity index is 1.84. The van der Waals surface area contributed by atoms with Crippen LogP contribution in [0, 0.1) is 6.92 Å². The van der Waals surface area contributed by atoms with Crippen LogP contribution in [-0.4, -0.2) is 55.5 Å². The number of hydrogen-bond donors (Lipinski definition) is 0. The van der Waals surface area contributed by atoms with Crippen molar-refractivity contribution in [1.82, 2.24) is 9.80 Å². The minimum atomic E-state index is 0.0420. The van der Waals surface area contributed by atoms with Crippen LogP contribution in [-0.2, 0) is 4.79 Å². The second kappa shape index (κ2) is 8.34. The second-order valence-corrected chi connectivity index (χ2v) is 6.85. The average molecular weight is 318 g/mol. The highest BCUT2D eigenvalue weighted by atomic mass is 16.5. The van der Waals surface area contributed by atoms with E-state index in [1.807, 2.05) is 20.0 Å². The van der Waals surface area contributed by atoms with Crippen LogP contribution in [0.15, 0.2) is 18.2 Å². The molecule has 1 aliphatic rings. The Kier molecular flexibility index (Phi) is 6.46. The summed E-state index contributed by atoms with van der Waals surface area (Å²) in [6, 6.07) is 6.20. The van der Waals surface area contributed by atoms with E-state index in [0.29, 0.717) is 5.92 Å². The number of hydrogen-bond acceptors (Lipinski definition) is 3. The monoisotopic (exact) mass is 318 g/mol. The SMILES string of the molecule is Cc1ccc(C(C)C)c(OCC(=O)N(C)CCN2CCCC2)c1. The average Bonchev–Trinajstić information content (AvgIpc) is 3.03. The Bertz CT molecular complexity index is 522. The van der Waals surface area contributed by atoms with Crippen LogP contribution < -0.4 is 4.74 Å². The highest BCUT2D eigenvalue weighted by Crippen LogP contribution is 2.27. The molecule has 2 rings (SSSR count). The summed E-state index contributed by atoms with van der Waals surface area (Å²) < 4.78 is 5.83. The highest BCUT2D eigenvalue weighted by Gasteiger charge is 2.16. The molecule has 0 aromatic heterocycles. The van der Waals surface area contributed by atoms with Crippen LogP contribution >= 0.6 is 0 Å². The minimum absolute atomic E-state index is 0.0420. The Morgan fingerprint density at radius 3 is 2.65 bits per heavy atom. The summed E-state index contributed by atoms with van der Waals surface area (Å²) in [4.78, 5) is 16.5. The van der Waals surface area contributed by atoms with Crippen LogP contribution in [0.4, 0.5) is 0 Å². The van der Waals surface area contributed by atoms with E-state index >= 15 is 0 Å². The molecule has 0 N–H and O–H groups in total. The predicted octanol–water partition coefficient (Wildman–Crippen LogP) is 3.05. The van der Waals surface area contributed by atoms with E-state index in [4.69, 9.17) is 4.74 Å². The molecule has 1 amide bonds. The van der Waals surface area contributed by atoms with Crippen molar-refractivity contribution in [2.24, 2.45) is 0 Å². The molecule has 128 valence electrons. The first-order valence-electron chi connectivity index (χ1n) is 8.67. The first-order valence-corrected chi connectivity index (χ1v) is 8.67. The van der Waals surface area contributed by atoms with Crippen molar-refractivity contribution in [3.8, 4) is 5.75 Å². The second-order valence-electron chi connectivity index (χ2n) is 6.85. The Morgan fingerprint density at radius 1 is 1.30 bits per heavy atom. The number of carbonyl (C=O) groups excluding carboxylic acids is 1. The maximum absolute atomic E-state index is 12.3. The van der Waals surface area contributed by atoms with E-state index in [1.54, 1.807) is 4.90 Å². The van der Waals surface area contributed by atoms with Gasteiger partial charge in [0.15, 0.2) is 6.61 Å². The molecule has 1 aromatic rings. The van der Waals surface area contributed by atoms with Crippen molar-refractivity contribution < 1.29 is 9.53 Å². The molecule has 1 fully saturated rings. The summed E-state index contributed by atoms with van der Waals surface area (Å²) in [5, 5.41) is 0. The van der Waals surface area contributed by atoms with Crippen LogP contribution in [0.5, 0.6) is 5.75 Å². The molecule has 0 aliphatic carbocycles. The third-order valence-electron chi connectivity index (χ3n) is 4.52. The van der Waals surface area contributed by atoms with Gasteiger partial charge in [-0.05, 0) is 56.0 Å². The molecule has 0 unspecified atom stereocenters.